The van der Waals surface area contributed by atoms with Gasteiger partial charge in [0.05, 0.1) is 0 Å². The van der Waals surface area contributed by atoms with E-state index in [0.29, 0.717) is 11.1 Å². The van der Waals surface area contributed by atoms with Crippen LogP contribution in [0.2, 0.25) is 0 Å². The normalized spacial score (nSPS) is 19.2. The Hall–Kier alpha value is -3.93. The smallest absolute Gasteiger partial charge is 0.315 e. The van der Waals surface area contributed by atoms with Gasteiger partial charge < -0.3 is 10.2 Å². The molecular formula is C27H25N3O3. The number of carbonyl (C=O) groups is 3. The number of nitrogens with zero attached hydrogens (tertiary/aromatic N) is 2. The van der Waals surface area contributed by atoms with Crippen LogP contribution in [0.4, 0.5) is 10.5 Å². The van der Waals surface area contributed by atoms with E-state index < -0.39 is 17.5 Å². The number of hydrogen-bond donors (Lipinski definition) is 1. The lowest BCUT2D eigenvalue weighted by Crippen LogP contribution is -2.49. The average Bonchev–Trinajstić information content (AvgIpc) is 3.10. The Morgan fingerprint density at radius 2 is 1.48 bits per heavy atom. The second-order valence-electron chi connectivity index (χ2n) is 8.58. The van der Waals surface area contributed by atoms with E-state index in [-0.39, 0.29) is 18.5 Å². The monoisotopic (exact) mass is 439 g/mol. The van der Waals surface area contributed by atoms with E-state index >= 15 is 0 Å². The fraction of sp³-hybridized carbons (Fsp3) is 0.222. The largest absolute Gasteiger partial charge is 0.326 e. The maximum Gasteiger partial charge on any atom is 0.326 e. The van der Waals surface area contributed by atoms with Gasteiger partial charge in [0.2, 0.25) is 5.91 Å². The molecule has 1 atom stereocenters. The van der Waals surface area contributed by atoms with Crippen LogP contribution in [0.1, 0.15) is 30.0 Å². The van der Waals surface area contributed by atoms with Crippen molar-refractivity contribution in [2.45, 2.75) is 31.3 Å². The van der Waals surface area contributed by atoms with Gasteiger partial charge in [0.1, 0.15) is 6.54 Å². The van der Waals surface area contributed by atoms with E-state index in [9.17, 15) is 14.4 Å². The Kier molecular flexibility index (Phi) is 5.21. The molecule has 166 valence electrons. The molecule has 5 rings (SSSR count). The van der Waals surface area contributed by atoms with Crippen molar-refractivity contribution in [1.82, 2.24) is 10.2 Å². The zero-order valence-electron chi connectivity index (χ0n) is 18.4. The summed E-state index contributed by atoms with van der Waals surface area (Å²) in [5, 5.41) is 2.91. The van der Waals surface area contributed by atoms with Gasteiger partial charge in [0, 0.05) is 11.7 Å². The molecule has 0 aliphatic carbocycles. The van der Waals surface area contributed by atoms with Gasteiger partial charge in [0.15, 0.2) is 5.54 Å². The first kappa shape index (κ1) is 20.9. The standard InChI is InChI=1S/C27H25N3O3/c1-19-16-17-20-10-8-9-15-23(20)30(19)24(31)18-29-25(32)27(28-26(29)33,21-11-4-2-5-12-21)22-13-6-3-7-14-22/h2-15,19H,16-18H2,1H3,(H,28,33). The second kappa shape index (κ2) is 8.20. The third kappa shape index (κ3) is 3.39. The van der Waals surface area contributed by atoms with Crippen LogP contribution in [0.15, 0.2) is 84.9 Å². The fourth-order valence-electron chi connectivity index (χ4n) is 4.93. The molecule has 0 spiro atoms. The molecule has 1 fully saturated rings. The summed E-state index contributed by atoms with van der Waals surface area (Å²) in [7, 11) is 0. The van der Waals surface area contributed by atoms with E-state index in [2.05, 4.69) is 5.32 Å². The number of hydrogen-bond acceptors (Lipinski definition) is 3. The topological polar surface area (TPSA) is 69.7 Å². The molecule has 0 bridgehead atoms. The predicted molar refractivity (Wildman–Crippen MR) is 126 cm³/mol. The summed E-state index contributed by atoms with van der Waals surface area (Å²) in [6.07, 6.45) is 1.73. The highest BCUT2D eigenvalue weighted by molar-refractivity contribution is 6.12. The maximum atomic E-state index is 13.9. The molecule has 0 aromatic heterocycles. The molecule has 1 saturated heterocycles. The molecule has 4 amide bonds. The zero-order valence-corrected chi connectivity index (χ0v) is 18.4. The zero-order chi connectivity index (χ0) is 23.0. The molecule has 0 saturated carbocycles. The Morgan fingerprint density at radius 1 is 0.909 bits per heavy atom. The summed E-state index contributed by atoms with van der Waals surface area (Å²) in [6, 6.07) is 25.6. The molecule has 2 heterocycles. The third-order valence-electron chi connectivity index (χ3n) is 6.60. The number of benzene rings is 3. The van der Waals surface area contributed by atoms with Crippen molar-refractivity contribution in [3.8, 4) is 0 Å². The highest BCUT2D eigenvalue weighted by atomic mass is 16.2. The van der Waals surface area contributed by atoms with Gasteiger partial charge in [-0.25, -0.2) is 4.79 Å². The van der Waals surface area contributed by atoms with E-state index in [4.69, 9.17) is 0 Å². The maximum absolute atomic E-state index is 13.9. The minimum Gasteiger partial charge on any atom is -0.315 e. The lowest BCUT2D eigenvalue weighted by atomic mass is 9.82. The molecule has 3 aromatic rings. The van der Waals surface area contributed by atoms with Crippen molar-refractivity contribution in [2.75, 3.05) is 11.4 Å². The van der Waals surface area contributed by atoms with E-state index in [0.717, 1.165) is 29.0 Å². The van der Waals surface area contributed by atoms with Crippen molar-refractivity contribution in [3.05, 3.63) is 102 Å². The van der Waals surface area contributed by atoms with Crippen molar-refractivity contribution in [2.24, 2.45) is 0 Å². The van der Waals surface area contributed by atoms with Crippen molar-refractivity contribution < 1.29 is 14.4 Å². The van der Waals surface area contributed by atoms with Crippen LogP contribution in [-0.4, -0.2) is 35.3 Å². The number of para-hydroxylation sites is 1. The summed E-state index contributed by atoms with van der Waals surface area (Å²) in [5.74, 6) is -0.716. The summed E-state index contributed by atoms with van der Waals surface area (Å²) in [5.41, 5.74) is 1.89. The predicted octanol–water partition coefficient (Wildman–Crippen LogP) is 3.85. The van der Waals surface area contributed by atoms with Crippen LogP contribution in [-0.2, 0) is 21.5 Å². The quantitative estimate of drug-likeness (QED) is 0.628. The SMILES string of the molecule is CC1CCc2ccccc2N1C(=O)CN1C(=O)NC(c2ccccc2)(c2ccccc2)C1=O. The fourth-order valence-corrected chi connectivity index (χ4v) is 4.93. The number of carbonyl (C=O) groups excluding carboxylic acids is 3. The van der Waals surface area contributed by atoms with Crippen molar-refractivity contribution >= 4 is 23.5 Å². The number of aryl methyl sites for hydroxylation is 1. The summed E-state index contributed by atoms with van der Waals surface area (Å²) >= 11 is 0. The molecule has 6 heteroatoms. The van der Waals surface area contributed by atoms with Gasteiger partial charge in [-0.1, -0.05) is 78.9 Å². The summed E-state index contributed by atoms with van der Waals surface area (Å²) in [4.78, 5) is 43.2. The number of urea groups is 1. The Labute approximate surface area is 192 Å². The van der Waals surface area contributed by atoms with Crippen LogP contribution in [0.3, 0.4) is 0 Å². The first-order valence-corrected chi connectivity index (χ1v) is 11.2. The molecule has 2 aliphatic heterocycles. The van der Waals surface area contributed by atoms with Gasteiger partial charge in [0.25, 0.3) is 5.91 Å². The number of nitrogens with one attached hydrogen (secondary N) is 1. The second-order valence-corrected chi connectivity index (χ2v) is 8.58. The van der Waals surface area contributed by atoms with Crippen LogP contribution < -0.4 is 10.2 Å². The minimum atomic E-state index is -1.37. The first-order valence-electron chi connectivity index (χ1n) is 11.2. The number of imide groups is 1. The van der Waals surface area contributed by atoms with E-state index in [1.165, 1.54) is 0 Å². The van der Waals surface area contributed by atoms with Crippen molar-refractivity contribution in [3.63, 3.8) is 0 Å². The molecule has 6 nitrogen and oxygen atoms in total. The van der Waals surface area contributed by atoms with Gasteiger partial charge in [-0.2, -0.15) is 0 Å². The first-order chi connectivity index (χ1) is 16.0. The van der Waals surface area contributed by atoms with Gasteiger partial charge in [-0.15, -0.1) is 0 Å². The molecule has 33 heavy (non-hydrogen) atoms. The average molecular weight is 440 g/mol. The highest BCUT2D eigenvalue weighted by Crippen LogP contribution is 2.36. The Morgan fingerprint density at radius 3 is 2.12 bits per heavy atom. The lowest BCUT2D eigenvalue weighted by molar-refractivity contribution is -0.133. The summed E-state index contributed by atoms with van der Waals surface area (Å²) in [6.45, 7) is 1.68. The summed E-state index contributed by atoms with van der Waals surface area (Å²) < 4.78 is 0. The molecule has 0 radical (unpaired) electrons. The Balaban J connectivity index is 1.50. The van der Waals surface area contributed by atoms with Gasteiger partial charge in [-0.05, 0) is 42.5 Å². The van der Waals surface area contributed by atoms with E-state index in [1.807, 2.05) is 91.9 Å². The van der Waals surface area contributed by atoms with Crippen molar-refractivity contribution in [1.29, 1.82) is 0 Å². The van der Waals surface area contributed by atoms with E-state index in [1.54, 1.807) is 4.90 Å². The highest BCUT2D eigenvalue weighted by Gasteiger charge is 2.54. The minimum absolute atomic E-state index is 0.0128. The number of amides is 4. The van der Waals surface area contributed by atoms with Crippen LogP contribution in [0.25, 0.3) is 0 Å². The molecule has 2 aliphatic rings. The van der Waals surface area contributed by atoms with Gasteiger partial charge >= 0.3 is 6.03 Å². The molecular weight excluding hydrogens is 414 g/mol. The number of rotatable bonds is 4. The Bertz CT molecular complexity index is 1170. The van der Waals surface area contributed by atoms with Gasteiger partial charge in [-0.3, -0.25) is 14.5 Å². The van der Waals surface area contributed by atoms with Crippen LogP contribution >= 0.6 is 0 Å². The number of anilines is 1. The molecule has 1 unspecified atom stereocenters. The van der Waals surface area contributed by atoms with Crippen LogP contribution in [0, 0.1) is 0 Å². The van der Waals surface area contributed by atoms with Crippen LogP contribution in [0.5, 0.6) is 0 Å². The third-order valence-corrected chi connectivity index (χ3v) is 6.60. The molecule has 3 aromatic carbocycles. The lowest BCUT2D eigenvalue weighted by Gasteiger charge is -2.36. The number of fused-ring (bicyclic) bond motifs is 1. The molecule has 1 N–H and O–H groups in total.